The first kappa shape index (κ1) is 42.7. The molecule has 0 heterocycles. The van der Waals surface area contributed by atoms with Crippen LogP contribution in [0.3, 0.4) is 0 Å². The van der Waals surface area contributed by atoms with E-state index in [0.717, 1.165) is 13.0 Å². The molecule has 0 amide bonds. The van der Waals surface area contributed by atoms with Gasteiger partial charge in [-0.25, -0.2) is 8.88 Å². The Balaban J connectivity index is 1.20. The zero-order valence-electron chi connectivity index (χ0n) is 35.2. The fraction of sp³-hybridized carbons (Fsp3) is 0.143. The van der Waals surface area contributed by atoms with Gasteiger partial charge in [-0.05, 0) is 67.6 Å². The summed E-state index contributed by atoms with van der Waals surface area (Å²) in [4.78, 5) is 0. The topological polar surface area (TPSA) is 6.48 Å². The summed E-state index contributed by atoms with van der Waals surface area (Å²) in [7, 11) is -3.52. The van der Waals surface area contributed by atoms with Crippen LogP contribution in [0.4, 0.5) is 0 Å². The van der Waals surface area contributed by atoms with Crippen LogP contribution in [0.2, 0.25) is 0 Å². The summed E-state index contributed by atoms with van der Waals surface area (Å²) in [6.45, 7) is 1.00. The van der Waals surface area contributed by atoms with Crippen molar-refractivity contribution in [1.29, 1.82) is 0 Å². The highest BCUT2D eigenvalue weighted by Gasteiger charge is 2.42. The van der Waals surface area contributed by atoms with Crippen molar-refractivity contribution in [2.75, 3.05) is 6.54 Å². The molecule has 0 spiro atoms. The van der Waals surface area contributed by atoms with Gasteiger partial charge in [0.15, 0.2) is 0 Å². The molecule has 0 saturated heterocycles. The Bertz CT molecular complexity index is 2180. The standard InChI is InChI=1S/C56H54N2P4/c1-9-28-48(29-10-1)59(49-30-11-2-12-31-49)57(60(50-32-13-3-14-33-50)51-34-15-4-16-35-51)46-45-47-27-25-26-44-56(47)58(61(52-36-17-5-18-37-52)53-38-19-6-20-39-53)62(54-40-21-7-22-41-54)55-42-23-8-24-43-55/h1-24,28-43,47,56H,25-27,44-46H2. The number of hydrogen-bond acceptors (Lipinski definition) is 2. The fourth-order valence-corrected chi connectivity index (χ4v) is 21.5. The van der Waals surface area contributed by atoms with Crippen LogP contribution in [0.25, 0.3) is 0 Å². The normalized spacial score (nSPS) is 15.5. The summed E-state index contributed by atoms with van der Waals surface area (Å²) in [5.41, 5.74) is 0. The van der Waals surface area contributed by atoms with Crippen LogP contribution in [0.1, 0.15) is 32.1 Å². The highest BCUT2D eigenvalue weighted by atomic mass is 31.2. The van der Waals surface area contributed by atoms with Crippen molar-refractivity contribution in [1.82, 2.24) is 8.88 Å². The van der Waals surface area contributed by atoms with Gasteiger partial charge >= 0.3 is 0 Å². The Morgan fingerprint density at radius 3 is 0.823 bits per heavy atom. The molecule has 2 unspecified atom stereocenters. The van der Waals surface area contributed by atoms with Crippen molar-refractivity contribution in [3.8, 4) is 0 Å². The Hall–Kier alpha value is -4.60. The van der Waals surface area contributed by atoms with E-state index >= 15 is 0 Å². The van der Waals surface area contributed by atoms with E-state index < -0.39 is 32.3 Å². The van der Waals surface area contributed by atoms with Gasteiger partial charge in [0.25, 0.3) is 0 Å². The van der Waals surface area contributed by atoms with E-state index in [4.69, 9.17) is 0 Å². The molecule has 2 nitrogen and oxygen atoms in total. The molecular formula is C56H54N2P4. The minimum atomic E-state index is -0.889. The molecule has 0 aliphatic heterocycles. The lowest BCUT2D eigenvalue weighted by atomic mass is 9.83. The highest BCUT2D eigenvalue weighted by Crippen LogP contribution is 2.60. The minimum Gasteiger partial charge on any atom is -0.245 e. The molecule has 1 saturated carbocycles. The molecule has 0 N–H and O–H groups in total. The van der Waals surface area contributed by atoms with E-state index in [1.165, 1.54) is 68.1 Å². The first-order chi connectivity index (χ1) is 30.8. The van der Waals surface area contributed by atoms with E-state index in [-0.39, 0.29) is 0 Å². The van der Waals surface area contributed by atoms with E-state index in [2.05, 4.69) is 252 Å². The summed E-state index contributed by atoms with van der Waals surface area (Å²) >= 11 is 0. The van der Waals surface area contributed by atoms with Crippen LogP contribution in [-0.2, 0) is 0 Å². The SMILES string of the molecule is c1ccc(P(c2ccccc2)N(CCC2CCCCC2N(P(c2ccccc2)c2ccccc2)P(c2ccccc2)c2ccccc2)P(c2ccccc2)c2ccccc2)cc1. The van der Waals surface area contributed by atoms with Crippen molar-refractivity contribution in [2.24, 2.45) is 5.92 Å². The third-order valence-corrected chi connectivity index (χ3v) is 22.9. The van der Waals surface area contributed by atoms with E-state index in [1.54, 1.807) is 0 Å². The monoisotopic (exact) mass is 878 g/mol. The number of hydrogen-bond donors (Lipinski definition) is 0. The molecule has 308 valence electrons. The summed E-state index contributed by atoms with van der Waals surface area (Å²) in [5.74, 6) is 0.507. The van der Waals surface area contributed by atoms with Crippen LogP contribution in [0.15, 0.2) is 243 Å². The fourth-order valence-electron chi connectivity index (χ4n) is 8.94. The lowest BCUT2D eigenvalue weighted by Gasteiger charge is -2.49. The van der Waals surface area contributed by atoms with Crippen LogP contribution >= 0.6 is 32.3 Å². The molecule has 1 fully saturated rings. The molecule has 62 heavy (non-hydrogen) atoms. The molecule has 2 atom stereocenters. The van der Waals surface area contributed by atoms with E-state index in [0.29, 0.717) is 12.0 Å². The molecule has 0 bridgehead atoms. The molecule has 0 aromatic heterocycles. The maximum Gasteiger partial charge on any atom is 0.0325 e. The Kier molecular flexibility index (Phi) is 14.9. The molecule has 1 aliphatic carbocycles. The van der Waals surface area contributed by atoms with Gasteiger partial charge in [0.2, 0.25) is 0 Å². The van der Waals surface area contributed by atoms with Crippen molar-refractivity contribution in [2.45, 2.75) is 38.1 Å². The lowest BCUT2D eigenvalue weighted by Crippen LogP contribution is -2.44. The van der Waals surface area contributed by atoms with E-state index in [1.807, 2.05) is 0 Å². The van der Waals surface area contributed by atoms with Gasteiger partial charge in [0, 0.05) is 44.9 Å². The second-order valence-electron chi connectivity index (χ2n) is 15.7. The van der Waals surface area contributed by atoms with Gasteiger partial charge < -0.3 is 0 Å². The van der Waals surface area contributed by atoms with Crippen LogP contribution in [0.5, 0.6) is 0 Å². The summed E-state index contributed by atoms with van der Waals surface area (Å²) in [6, 6.07) is 91.8. The smallest absolute Gasteiger partial charge is 0.0325 e. The van der Waals surface area contributed by atoms with E-state index in [9.17, 15) is 0 Å². The third-order valence-electron chi connectivity index (χ3n) is 11.7. The summed E-state index contributed by atoms with van der Waals surface area (Å²) < 4.78 is 6.08. The third kappa shape index (κ3) is 10.1. The Morgan fingerprint density at radius 1 is 0.306 bits per heavy atom. The van der Waals surface area contributed by atoms with Gasteiger partial charge in [-0.15, -0.1) is 0 Å². The first-order valence-corrected chi connectivity index (χ1v) is 27.2. The Labute approximate surface area is 374 Å². The highest BCUT2D eigenvalue weighted by molar-refractivity contribution is 7.85. The zero-order chi connectivity index (χ0) is 41.8. The van der Waals surface area contributed by atoms with Crippen LogP contribution < -0.4 is 42.4 Å². The van der Waals surface area contributed by atoms with Crippen LogP contribution in [0, 0.1) is 5.92 Å². The second kappa shape index (κ2) is 21.7. The first-order valence-electron chi connectivity index (χ1n) is 22.0. The number of rotatable bonds is 16. The van der Waals surface area contributed by atoms with Gasteiger partial charge in [0.05, 0.1) is 0 Å². The molecular weight excluding hydrogens is 825 g/mol. The molecule has 1 aliphatic rings. The van der Waals surface area contributed by atoms with Crippen molar-refractivity contribution < 1.29 is 0 Å². The lowest BCUT2D eigenvalue weighted by molar-refractivity contribution is 0.229. The zero-order valence-corrected chi connectivity index (χ0v) is 38.8. The maximum atomic E-state index is 3.10. The molecule has 6 heteroatoms. The maximum absolute atomic E-state index is 3.10. The summed E-state index contributed by atoms with van der Waals surface area (Å²) in [5, 5.41) is 11.3. The van der Waals surface area contributed by atoms with Gasteiger partial charge in [0.1, 0.15) is 0 Å². The number of nitrogens with zero attached hydrogens (tertiary/aromatic N) is 2. The van der Waals surface area contributed by atoms with Gasteiger partial charge in [-0.2, -0.15) is 0 Å². The largest absolute Gasteiger partial charge is 0.245 e. The molecule has 8 aromatic rings. The predicted octanol–water partition coefficient (Wildman–Crippen LogP) is 11.7. The molecule has 9 rings (SSSR count). The van der Waals surface area contributed by atoms with Gasteiger partial charge in [-0.3, -0.25) is 0 Å². The summed E-state index contributed by atoms with van der Waals surface area (Å²) in [6.07, 6.45) is 6.08. The van der Waals surface area contributed by atoms with Crippen molar-refractivity contribution in [3.63, 3.8) is 0 Å². The quantitative estimate of drug-likeness (QED) is 0.0893. The molecule has 0 radical (unpaired) electrons. The number of benzene rings is 8. The second-order valence-corrected chi connectivity index (χ2v) is 24.8. The molecule has 8 aromatic carbocycles. The van der Waals surface area contributed by atoms with Crippen LogP contribution in [-0.4, -0.2) is 21.5 Å². The average Bonchev–Trinajstić information content (AvgIpc) is 3.36. The average molecular weight is 879 g/mol. The minimum absolute atomic E-state index is 0.392. The van der Waals surface area contributed by atoms with Gasteiger partial charge in [-0.1, -0.05) is 255 Å². The van der Waals surface area contributed by atoms with Crippen molar-refractivity contribution in [3.05, 3.63) is 243 Å². The Morgan fingerprint density at radius 2 is 0.548 bits per heavy atom. The predicted molar refractivity (Wildman–Crippen MR) is 275 cm³/mol. The van der Waals surface area contributed by atoms with Crippen molar-refractivity contribution >= 4 is 74.7 Å².